The molecule has 0 bridgehead atoms. The number of thiazole rings is 1. The Hall–Kier alpha value is -3.02. The molecule has 1 aromatic heterocycles. The zero-order valence-corrected chi connectivity index (χ0v) is 23.6. The van der Waals surface area contributed by atoms with Gasteiger partial charge in [0.15, 0.2) is 11.6 Å². The van der Waals surface area contributed by atoms with Crippen molar-refractivity contribution >= 4 is 35.8 Å². The highest BCUT2D eigenvalue weighted by Crippen LogP contribution is 2.41. The van der Waals surface area contributed by atoms with Crippen molar-refractivity contribution in [1.82, 2.24) is 15.2 Å². The normalized spacial score (nSPS) is 16.2. The number of nitrogens with zero attached hydrogens (tertiary/aromatic N) is 2. The lowest BCUT2D eigenvalue weighted by Gasteiger charge is -2.25. The quantitative estimate of drug-likeness (QED) is 0.213. The molecule has 2 aromatic carbocycles. The van der Waals surface area contributed by atoms with Gasteiger partial charge in [0.2, 0.25) is 5.91 Å². The van der Waals surface area contributed by atoms with Crippen LogP contribution >= 0.6 is 24.0 Å². The van der Waals surface area contributed by atoms with Gasteiger partial charge >= 0.3 is 5.97 Å². The molecule has 0 unspecified atom stereocenters. The summed E-state index contributed by atoms with van der Waals surface area (Å²) in [6.07, 6.45) is 3.12. The van der Waals surface area contributed by atoms with E-state index in [0.717, 1.165) is 42.1 Å². The fourth-order valence-electron chi connectivity index (χ4n) is 5.55. The summed E-state index contributed by atoms with van der Waals surface area (Å²) in [5, 5.41) is 14.8. The molecule has 0 spiro atoms. The number of aliphatic carboxylic acids is 1. The van der Waals surface area contributed by atoms with Crippen LogP contribution < -0.4 is 10.1 Å². The SMILES string of the molecule is O=C(O)CC1(C(=O)NCc2nc(-c3ccc(OCCCN4CCCC4)c(S)c3)cs2)Cc2cc(F)c(F)cc2C1. The van der Waals surface area contributed by atoms with Crippen molar-refractivity contribution in [1.29, 1.82) is 0 Å². The molecule has 1 saturated heterocycles. The first-order valence-electron chi connectivity index (χ1n) is 13.3. The van der Waals surface area contributed by atoms with Crippen LogP contribution in [0, 0.1) is 17.0 Å². The molecular formula is C29H31F2N3O4S2. The number of hydrogen-bond donors (Lipinski definition) is 3. The lowest BCUT2D eigenvalue weighted by Crippen LogP contribution is -2.43. The maximum atomic E-state index is 13.8. The largest absolute Gasteiger partial charge is 0.492 e. The van der Waals surface area contributed by atoms with E-state index >= 15 is 0 Å². The summed E-state index contributed by atoms with van der Waals surface area (Å²) in [6, 6.07) is 7.80. The topological polar surface area (TPSA) is 91.8 Å². The van der Waals surface area contributed by atoms with Gasteiger partial charge in [0.1, 0.15) is 10.8 Å². The van der Waals surface area contributed by atoms with Crippen LogP contribution in [0.3, 0.4) is 0 Å². The van der Waals surface area contributed by atoms with Crippen molar-refractivity contribution in [3.05, 3.63) is 63.5 Å². The van der Waals surface area contributed by atoms with Gasteiger partial charge in [-0.05, 0) is 86.7 Å². The number of carbonyl (C=O) groups excluding carboxylic acids is 1. The molecule has 2 N–H and O–H groups in total. The number of benzene rings is 2. The first-order valence-corrected chi connectivity index (χ1v) is 14.6. The van der Waals surface area contributed by atoms with Crippen LogP contribution in [-0.2, 0) is 29.0 Å². The summed E-state index contributed by atoms with van der Waals surface area (Å²) in [7, 11) is 0. The number of amides is 1. The molecule has 0 atom stereocenters. The summed E-state index contributed by atoms with van der Waals surface area (Å²) in [6.45, 7) is 4.12. The molecular weight excluding hydrogens is 556 g/mol. The number of thiol groups is 1. The number of halogens is 2. The van der Waals surface area contributed by atoms with Gasteiger partial charge in [0, 0.05) is 22.4 Å². The lowest BCUT2D eigenvalue weighted by atomic mass is 9.80. The van der Waals surface area contributed by atoms with Crippen LogP contribution in [0.5, 0.6) is 5.75 Å². The fourth-order valence-corrected chi connectivity index (χ4v) is 6.57. The van der Waals surface area contributed by atoms with E-state index in [0.29, 0.717) is 27.6 Å². The molecule has 7 nitrogen and oxygen atoms in total. The van der Waals surface area contributed by atoms with Crippen LogP contribution in [0.2, 0.25) is 0 Å². The highest BCUT2D eigenvalue weighted by Gasteiger charge is 2.46. The minimum absolute atomic E-state index is 0.0260. The third-order valence-electron chi connectivity index (χ3n) is 7.55. The molecule has 0 saturated carbocycles. The van der Waals surface area contributed by atoms with Crippen LogP contribution in [0.1, 0.15) is 41.8 Å². The summed E-state index contributed by atoms with van der Waals surface area (Å²) in [5.41, 5.74) is 1.17. The Bertz CT molecular complexity index is 1380. The molecule has 0 radical (unpaired) electrons. The van der Waals surface area contributed by atoms with Gasteiger partial charge in [-0.1, -0.05) is 0 Å². The third kappa shape index (κ3) is 6.47. The average molecular weight is 588 g/mol. The second kappa shape index (κ2) is 12.2. The van der Waals surface area contributed by atoms with Crippen LogP contribution in [-0.4, -0.2) is 53.1 Å². The van der Waals surface area contributed by atoms with Crippen molar-refractivity contribution in [2.24, 2.45) is 5.41 Å². The summed E-state index contributed by atoms with van der Waals surface area (Å²) < 4.78 is 33.4. The summed E-state index contributed by atoms with van der Waals surface area (Å²) in [4.78, 5) is 32.6. The van der Waals surface area contributed by atoms with Crippen LogP contribution in [0.4, 0.5) is 8.78 Å². The van der Waals surface area contributed by atoms with Gasteiger partial charge < -0.3 is 20.1 Å². The van der Waals surface area contributed by atoms with Gasteiger partial charge in [0.25, 0.3) is 0 Å². The molecule has 212 valence electrons. The fraction of sp³-hybridized carbons (Fsp3) is 0.414. The number of likely N-dealkylation sites (tertiary alicyclic amines) is 1. The highest BCUT2D eigenvalue weighted by molar-refractivity contribution is 7.80. The molecule has 5 rings (SSSR count). The van der Waals surface area contributed by atoms with Gasteiger partial charge in [0.05, 0.1) is 30.7 Å². The van der Waals surface area contributed by atoms with Gasteiger partial charge in [-0.2, -0.15) is 0 Å². The second-order valence-corrected chi connectivity index (χ2v) is 11.9. The predicted molar refractivity (Wildman–Crippen MR) is 151 cm³/mol. The molecule has 11 heteroatoms. The smallest absolute Gasteiger partial charge is 0.304 e. The maximum Gasteiger partial charge on any atom is 0.304 e. The molecule has 3 aromatic rings. The van der Waals surface area contributed by atoms with Crippen molar-refractivity contribution in [2.75, 3.05) is 26.2 Å². The maximum absolute atomic E-state index is 13.8. The Labute approximate surface area is 241 Å². The Kier molecular flexibility index (Phi) is 8.72. The lowest BCUT2D eigenvalue weighted by molar-refractivity contribution is -0.145. The van der Waals surface area contributed by atoms with E-state index in [9.17, 15) is 23.5 Å². The number of fused-ring (bicyclic) bond motifs is 1. The number of aromatic nitrogens is 1. The predicted octanol–water partition coefficient (Wildman–Crippen LogP) is 5.12. The number of carbonyl (C=O) groups is 2. The van der Waals surface area contributed by atoms with E-state index in [-0.39, 0.29) is 19.4 Å². The van der Waals surface area contributed by atoms with E-state index in [2.05, 4.69) is 27.8 Å². The highest BCUT2D eigenvalue weighted by atomic mass is 32.1. The van der Waals surface area contributed by atoms with Gasteiger partial charge in [-0.15, -0.1) is 24.0 Å². The number of carboxylic acids is 1. The van der Waals surface area contributed by atoms with E-state index in [4.69, 9.17) is 4.74 Å². The number of carboxylic acid groups (broad SMARTS) is 1. The first-order chi connectivity index (χ1) is 19.2. The van der Waals surface area contributed by atoms with E-state index < -0.39 is 35.3 Å². The minimum atomic E-state index is -1.32. The molecule has 1 fully saturated rings. The molecule has 1 amide bonds. The number of nitrogens with one attached hydrogen (secondary N) is 1. The average Bonchev–Trinajstić information content (AvgIpc) is 3.67. The van der Waals surface area contributed by atoms with Gasteiger partial charge in [-0.25, -0.2) is 13.8 Å². The Morgan fingerprint density at radius 3 is 2.48 bits per heavy atom. The Morgan fingerprint density at radius 2 is 1.82 bits per heavy atom. The van der Waals surface area contributed by atoms with Crippen molar-refractivity contribution < 1.29 is 28.2 Å². The standard InChI is InChI=1S/C29H31F2N3O4S2/c30-21-10-19-13-29(15-27(35)36,14-20(19)11-22(21)31)28(37)32-16-26-33-23(17-40-26)18-4-5-24(25(39)12-18)38-9-3-8-34-6-1-2-7-34/h4-5,10-12,17,39H,1-3,6-9,13-16H2,(H,32,37)(H,35,36). The van der Waals surface area contributed by atoms with E-state index in [1.807, 2.05) is 23.6 Å². The third-order valence-corrected chi connectivity index (χ3v) is 8.75. The minimum Gasteiger partial charge on any atom is -0.492 e. The van der Waals surface area contributed by atoms with Crippen molar-refractivity contribution in [3.8, 4) is 17.0 Å². The Balaban J connectivity index is 1.18. The number of rotatable bonds is 11. The number of hydrogen-bond acceptors (Lipinski definition) is 7. The van der Waals surface area contributed by atoms with Crippen LogP contribution in [0.25, 0.3) is 11.3 Å². The number of ether oxygens (including phenoxy) is 1. The first kappa shape index (κ1) is 28.5. The summed E-state index contributed by atoms with van der Waals surface area (Å²) >= 11 is 5.96. The van der Waals surface area contributed by atoms with Gasteiger partial charge in [-0.3, -0.25) is 9.59 Å². The molecule has 1 aliphatic heterocycles. The molecule has 2 aliphatic rings. The van der Waals surface area contributed by atoms with E-state index in [1.54, 1.807) is 0 Å². The van der Waals surface area contributed by atoms with Crippen LogP contribution in [0.15, 0.2) is 40.6 Å². The zero-order chi connectivity index (χ0) is 28.3. The Morgan fingerprint density at radius 1 is 1.12 bits per heavy atom. The van der Waals surface area contributed by atoms with Crippen molar-refractivity contribution in [3.63, 3.8) is 0 Å². The molecule has 40 heavy (non-hydrogen) atoms. The van der Waals surface area contributed by atoms with E-state index in [1.165, 1.54) is 37.3 Å². The monoisotopic (exact) mass is 587 g/mol. The summed E-state index contributed by atoms with van der Waals surface area (Å²) in [5.74, 6) is -2.93. The molecule has 1 aliphatic carbocycles. The van der Waals surface area contributed by atoms with Crippen molar-refractivity contribution in [2.45, 2.75) is 50.0 Å². The second-order valence-electron chi connectivity index (χ2n) is 10.5. The molecule has 2 heterocycles. The zero-order valence-electron chi connectivity index (χ0n) is 21.9.